The number of methoxy groups -OCH3 is 1. The van der Waals surface area contributed by atoms with Crippen LogP contribution in [0.25, 0.3) is 11.4 Å². The van der Waals surface area contributed by atoms with E-state index in [2.05, 4.69) is 14.7 Å². The highest BCUT2D eigenvalue weighted by atomic mass is 35.5. The molecule has 0 aliphatic rings. The zero-order valence-corrected chi connectivity index (χ0v) is 10.9. The Morgan fingerprint density at radius 2 is 2.06 bits per heavy atom. The van der Waals surface area contributed by atoms with Crippen molar-refractivity contribution in [2.24, 2.45) is 0 Å². The van der Waals surface area contributed by atoms with Crippen LogP contribution in [-0.2, 0) is 4.74 Å². The van der Waals surface area contributed by atoms with Crippen LogP contribution in [0.5, 0.6) is 0 Å². The molecule has 92 valence electrons. The number of carbonyl (C=O) groups is 1. The highest BCUT2D eigenvalue weighted by Gasteiger charge is 2.12. The highest BCUT2D eigenvalue weighted by molar-refractivity contribution is 6.35. The van der Waals surface area contributed by atoms with Crippen molar-refractivity contribution in [1.82, 2.24) is 9.97 Å². The van der Waals surface area contributed by atoms with Gasteiger partial charge in [-0.3, -0.25) is 0 Å². The van der Waals surface area contributed by atoms with Crippen LogP contribution in [0, 0.1) is 0 Å². The fraction of sp³-hybridized carbons (Fsp3) is 0.0833. The van der Waals surface area contributed by atoms with Gasteiger partial charge in [0.05, 0.1) is 12.1 Å². The number of hydrogen-bond acceptors (Lipinski definition) is 4. The van der Waals surface area contributed by atoms with Crippen LogP contribution in [0.4, 0.5) is 0 Å². The molecular weight excluding hydrogens is 275 g/mol. The van der Waals surface area contributed by atoms with E-state index in [9.17, 15) is 4.79 Å². The lowest BCUT2D eigenvalue weighted by Crippen LogP contribution is -2.05. The number of hydrogen-bond donors (Lipinski definition) is 0. The van der Waals surface area contributed by atoms with Gasteiger partial charge in [0.15, 0.2) is 11.5 Å². The Hall–Kier alpha value is -1.65. The maximum Gasteiger partial charge on any atom is 0.356 e. The summed E-state index contributed by atoms with van der Waals surface area (Å²) >= 11 is 11.9. The van der Waals surface area contributed by atoms with Crippen LogP contribution in [0.2, 0.25) is 10.0 Å². The summed E-state index contributed by atoms with van der Waals surface area (Å²) in [5, 5.41) is 0.975. The molecule has 0 radical (unpaired) electrons. The molecule has 0 spiro atoms. The third-order valence-corrected chi connectivity index (χ3v) is 2.78. The first-order valence-corrected chi connectivity index (χ1v) is 5.74. The molecule has 0 aliphatic carbocycles. The number of halogens is 2. The van der Waals surface area contributed by atoms with E-state index < -0.39 is 5.97 Å². The molecule has 1 aromatic heterocycles. The van der Waals surface area contributed by atoms with Gasteiger partial charge in [-0.2, -0.15) is 0 Å². The van der Waals surface area contributed by atoms with Crippen molar-refractivity contribution in [2.45, 2.75) is 0 Å². The van der Waals surface area contributed by atoms with Crippen molar-refractivity contribution in [3.8, 4) is 11.4 Å². The summed E-state index contributed by atoms with van der Waals surface area (Å²) in [6.07, 6.45) is 1.46. The molecule has 4 nitrogen and oxygen atoms in total. The average molecular weight is 283 g/mol. The molecule has 0 saturated carbocycles. The number of aromatic nitrogens is 2. The molecule has 1 heterocycles. The van der Waals surface area contributed by atoms with Gasteiger partial charge < -0.3 is 4.74 Å². The van der Waals surface area contributed by atoms with E-state index in [1.54, 1.807) is 18.2 Å². The minimum Gasteiger partial charge on any atom is -0.464 e. The molecular formula is C12H8Cl2N2O2. The molecule has 2 rings (SSSR count). The number of rotatable bonds is 2. The lowest BCUT2D eigenvalue weighted by atomic mass is 10.2. The molecule has 0 N–H and O–H groups in total. The first-order valence-electron chi connectivity index (χ1n) is 4.98. The average Bonchev–Trinajstić information content (AvgIpc) is 2.40. The zero-order valence-electron chi connectivity index (χ0n) is 9.35. The first kappa shape index (κ1) is 12.8. The monoisotopic (exact) mass is 282 g/mol. The van der Waals surface area contributed by atoms with E-state index in [0.29, 0.717) is 21.4 Å². The van der Waals surface area contributed by atoms with Crippen LogP contribution in [0.15, 0.2) is 30.5 Å². The van der Waals surface area contributed by atoms with Gasteiger partial charge >= 0.3 is 5.97 Å². The van der Waals surface area contributed by atoms with Crippen molar-refractivity contribution in [3.05, 3.63) is 46.2 Å². The number of carbonyl (C=O) groups excluding carboxylic acids is 1. The molecule has 0 bridgehead atoms. The quantitative estimate of drug-likeness (QED) is 0.794. The summed E-state index contributed by atoms with van der Waals surface area (Å²) in [4.78, 5) is 19.5. The SMILES string of the molecule is COC(=O)c1ccnc(-c2cc(Cl)ccc2Cl)n1. The fourth-order valence-electron chi connectivity index (χ4n) is 1.38. The number of nitrogens with zero attached hydrogens (tertiary/aromatic N) is 2. The maximum absolute atomic E-state index is 11.4. The van der Waals surface area contributed by atoms with Crippen LogP contribution in [0.1, 0.15) is 10.5 Å². The van der Waals surface area contributed by atoms with Gasteiger partial charge in [0.1, 0.15) is 0 Å². The van der Waals surface area contributed by atoms with E-state index in [-0.39, 0.29) is 5.69 Å². The smallest absolute Gasteiger partial charge is 0.356 e. The molecule has 18 heavy (non-hydrogen) atoms. The van der Waals surface area contributed by atoms with Crippen LogP contribution < -0.4 is 0 Å². The van der Waals surface area contributed by atoms with Gasteiger partial charge in [0, 0.05) is 16.8 Å². The Morgan fingerprint density at radius 3 is 2.78 bits per heavy atom. The fourth-order valence-corrected chi connectivity index (χ4v) is 1.75. The second kappa shape index (κ2) is 5.33. The standard InChI is InChI=1S/C12H8Cl2N2O2/c1-18-12(17)10-4-5-15-11(16-10)8-6-7(13)2-3-9(8)14/h2-6H,1H3. The highest BCUT2D eigenvalue weighted by Crippen LogP contribution is 2.28. The van der Waals surface area contributed by atoms with Crippen molar-refractivity contribution < 1.29 is 9.53 Å². The lowest BCUT2D eigenvalue weighted by Gasteiger charge is -2.05. The van der Waals surface area contributed by atoms with Crippen LogP contribution >= 0.6 is 23.2 Å². The lowest BCUT2D eigenvalue weighted by molar-refractivity contribution is 0.0594. The third-order valence-electron chi connectivity index (χ3n) is 2.22. The van der Waals surface area contributed by atoms with Crippen LogP contribution in [0.3, 0.4) is 0 Å². The zero-order chi connectivity index (χ0) is 13.1. The van der Waals surface area contributed by atoms with Crippen molar-refractivity contribution in [1.29, 1.82) is 0 Å². The number of benzene rings is 1. The van der Waals surface area contributed by atoms with Crippen LogP contribution in [-0.4, -0.2) is 23.0 Å². The molecule has 0 saturated heterocycles. The summed E-state index contributed by atoms with van der Waals surface area (Å²) in [6, 6.07) is 6.42. The third kappa shape index (κ3) is 2.60. The first-order chi connectivity index (χ1) is 8.61. The summed E-state index contributed by atoms with van der Waals surface area (Å²) in [5.74, 6) is -0.206. The number of esters is 1. The van der Waals surface area contributed by atoms with E-state index in [0.717, 1.165) is 0 Å². The second-order valence-electron chi connectivity index (χ2n) is 3.38. The van der Waals surface area contributed by atoms with E-state index in [4.69, 9.17) is 23.2 Å². The molecule has 0 aliphatic heterocycles. The summed E-state index contributed by atoms with van der Waals surface area (Å²) in [7, 11) is 1.29. The maximum atomic E-state index is 11.4. The minimum atomic E-state index is -0.531. The minimum absolute atomic E-state index is 0.165. The second-order valence-corrected chi connectivity index (χ2v) is 4.22. The van der Waals surface area contributed by atoms with Crippen molar-refractivity contribution >= 4 is 29.2 Å². The van der Waals surface area contributed by atoms with Gasteiger partial charge in [0.25, 0.3) is 0 Å². The molecule has 2 aromatic rings. The predicted molar refractivity (Wildman–Crippen MR) is 68.8 cm³/mol. The van der Waals surface area contributed by atoms with Crippen molar-refractivity contribution in [3.63, 3.8) is 0 Å². The molecule has 6 heteroatoms. The van der Waals surface area contributed by atoms with E-state index >= 15 is 0 Å². The molecule has 0 amide bonds. The molecule has 0 unspecified atom stereocenters. The normalized spacial score (nSPS) is 10.2. The van der Waals surface area contributed by atoms with Gasteiger partial charge in [-0.25, -0.2) is 14.8 Å². The summed E-state index contributed by atoms with van der Waals surface area (Å²) < 4.78 is 4.59. The molecule has 0 fully saturated rings. The molecule has 0 atom stereocenters. The Kier molecular flexibility index (Phi) is 3.79. The van der Waals surface area contributed by atoms with Gasteiger partial charge in [-0.05, 0) is 24.3 Å². The van der Waals surface area contributed by atoms with E-state index in [1.165, 1.54) is 19.4 Å². The van der Waals surface area contributed by atoms with Gasteiger partial charge in [0.2, 0.25) is 0 Å². The topological polar surface area (TPSA) is 52.1 Å². The predicted octanol–water partition coefficient (Wildman–Crippen LogP) is 3.24. The van der Waals surface area contributed by atoms with Gasteiger partial charge in [-0.15, -0.1) is 0 Å². The Morgan fingerprint density at radius 1 is 1.28 bits per heavy atom. The van der Waals surface area contributed by atoms with Gasteiger partial charge in [-0.1, -0.05) is 23.2 Å². The Labute approximate surface area is 114 Å². The Bertz CT molecular complexity index is 602. The van der Waals surface area contributed by atoms with Crippen molar-refractivity contribution in [2.75, 3.05) is 7.11 Å². The number of ether oxygens (including phenoxy) is 1. The summed E-state index contributed by atoms with van der Waals surface area (Å²) in [5.41, 5.74) is 0.730. The Balaban J connectivity index is 2.51. The largest absolute Gasteiger partial charge is 0.464 e. The molecule has 1 aromatic carbocycles. The summed E-state index contributed by atoms with van der Waals surface area (Å²) in [6.45, 7) is 0. The van der Waals surface area contributed by atoms with E-state index in [1.807, 2.05) is 0 Å².